The predicted octanol–water partition coefficient (Wildman–Crippen LogP) is 3.44. The van der Waals surface area contributed by atoms with Crippen LogP contribution >= 0.6 is 0 Å². The molecule has 16 heavy (non-hydrogen) atoms. The van der Waals surface area contributed by atoms with Gasteiger partial charge in [0.2, 0.25) is 0 Å². The number of carbonyl (C=O) groups excluding carboxylic acids is 1. The molecule has 0 unspecified atom stereocenters. The van der Waals surface area contributed by atoms with Crippen LogP contribution in [0.15, 0.2) is 24.3 Å². The van der Waals surface area contributed by atoms with Crippen molar-refractivity contribution in [3.05, 3.63) is 35.4 Å². The topological polar surface area (TPSA) is 26.3 Å². The number of ether oxygens (including phenoxy) is 1. The van der Waals surface area contributed by atoms with Gasteiger partial charge >= 0.3 is 5.97 Å². The predicted molar refractivity (Wildman–Crippen MR) is 65.4 cm³/mol. The zero-order valence-electron chi connectivity index (χ0n) is 10.5. The summed E-state index contributed by atoms with van der Waals surface area (Å²) in [6.45, 7) is 7.87. The second-order valence-corrected chi connectivity index (χ2v) is 4.50. The molecular formula is C14H20O2. The van der Waals surface area contributed by atoms with Gasteiger partial charge in [0.15, 0.2) is 0 Å². The molecule has 1 aromatic rings. The molecule has 1 rings (SSSR count). The molecule has 0 aliphatic rings. The van der Waals surface area contributed by atoms with Crippen LogP contribution in [0.1, 0.15) is 44.2 Å². The Morgan fingerprint density at radius 3 is 2.44 bits per heavy atom. The molecule has 88 valence electrons. The Hall–Kier alpha value is -1.31. The third-order valence-corrected chi connectivity index (χ3v) is 2.56. The minimum Gasteiger partial charge on any atom is -0.463 e. The van der Waals surface area contributed by atoms with Crippen LogP contribution in [0.4, 0.5) is 0 Å². The van der Waals surface area contributed by atoms with Gasteiger partial charge in [0.1, 0.15) is 0 Å². The summed E-state index contributed by atoms with van der Waals surface area (Å²) in [4.78, 5) is 11.5. The van der Waals surface area contributed by atoms with E-state index in [1.807, 2.05) is 26.0 Å². The van der Waals surface area contributed by atoms with Crippen LogP contribution in [0.2, 0.25) is 0 Å². The molecule has 1 atom stereocenters. The van der Waals surface area contributed by atoms with Crippen LogP contribution in [0.25, 0.3) is 0 Å². The van der Waals surface area contributed by atoms with E-state index in [0.29, 0.717) is 6.42 Å². The van der Waals surface area contributed by atoms with E-state index in [0.717, 1.165) is 0 Å². The molecule has 0 aliphatic carbocycles. The van der Waals surface area contributed by atoms with E-state index >= 15 is 0 Å². The Kier molecular flexibility index (Phi) is 4.53. The highest BCUT2D eigenvalue weighted by atomic mass is 16.5. The van der Waals surface area contributed by atoms with Crippen molar-refractivity contribution in [2.75, 3.05) is 0 Å². The van der Waals surface area contributed by atoms with Crippen molar-refractivity contribution in [3.8, 4) is 0 Å². The van der Waals surface area contributed by atoms with E-state index in [1.165, 1.54) is 11.1 Å². The van der Waals surface area contributed by atoms with E-state index in [2.05, 4.69) is 26.0 Å². The van der Waals surface area contributed by atoms with E-state index in [-0.39, 0.29) is 18.0 Å². The zero-order chi connectivity index (χ0) is 12.1. The second-order valence-electron chi connectivity index (χ2n) is 4.50. The van der Waals surface area contributed by atoms with Crippen molar-refractivity contribution in [2.24, 2.45) is 0 Å². The largest absolute Gasteiger partial charge is 0.463 e. The molecule has 1 aromatic carbocycles. The van der Waals surface area contributed by atoms with Crippen molar-refractivity contribution in [1.29, 1.82) is 0 Å². The van der Waals surface area contributed by atoms with Crippen molar-refractivity contribution in [3.63, 3.8) is 0 Å². The molecule has 0 saturated heterocycles. The normalized spacial score (nSPS) is 12.6. The summed E-state index contributed by atoms with van der Waals surface area (Å²) in [5, 5.41) is 0. The van der Waals surface area contributed by atoms with Crippen LogP contribution < -0.4 is 0 Å². The van der Waals surface area contributed by atoms with Crippen molar-refractivity contribution in [2.45, 2.75) is 46.1 Å². The molecule has 0 aliphatic heterocycles. The lowest BCUT2D eigenvalue weighted by Gasteiger charge is -2.15. The van der Waals surface area contributed by atoms with Crippen molar-refractivity contribution >= 4 is 5.97 Å². The maximum absolute atomic E-state index is 11.5. The van der Waals surface area contributed by atoms with Gasteiger partial charge in [-0.3, -0.25) is 4.79 Å². The van der Waals surface area contributed by atoms with Gasteiger partial charge in [-0.05, 0) is 37.8 Å². The summed E-state index contributed by atoms with van der Waals surface area (Å²) >= 11 is 0. The van der Waals surface area contributed by atoms with Crippen molar-refractivity contribution in [1.82, 2.24) is 0 Å². The van der Waals surface area contributed by atoms with Gasteiger partial charge < -0.3 is 4.74 Å². The number of hydrogen-bond donors (Lipinski definition) is 0. The SMILES string of the molecule is Cc1ccccc1[C@H](C)CC(=O)OC(C)C. The number of carbonyl (C=O) groups is 1. The molecule has 0 spiro atoms. The lowest BCUT2D eigenvalue weighted by Crippen LogP contribution is -2.14. The van der Waals surface area contributed by atoms with E-state index in [1.54, 1.807) is 0 Å². The van der Waals surface area contributed by atoms with E-state index in [9.17, 15) is 4.79 Å². The Morgan fingerprint density at radius 1 is 1.25 bits per heavy atom. The molecule has 0 fully saturated rings. The molecule has 0 heterocycles. The standard InChI is InChI=1S/C14H20O2/c1-10(2)16-14(15)9-12(4)13-8-6-5-7-11(13)3/h5-8,10,12H,9H2,1-4H3/t12-/m1/s1. The van der Waals surface area contributed by atoms with Crippen LogP contribution in [0.5, 0.6) is 0 Å². The quantitative estimate of drug-likeness (QED) is 0.726. The van der Waals surface area contributed by atoms with Gasteiger partial charge in [-0.15, -0.1) is 0 Å². The first kappa shape index (κ1) is 12.8. The van der Waals surface area contributed by atoms with Crippen LogP contribution in [-0.2, 0) is 9.53 Å². The Labute approximate surface area is 97.6 Å². The van der Waals surface area contributed by atoms with Gasteiger partial charge in [0, 0.05) is 0 Å². The van der Waals surface area contributed by atoms with E-state index < -0.39 is 0 Å². The second kappa shape index (κ2) is 5.69. The first-order valence-corrected chi connectivity index (χ1v) is 5.75. The van der Waals surface area contributed by atoms with Gasteiger partial charge in [-0.25, -0.2) is 0 Å². The highest BCUT2D eigenvalue weighted by Crippen LogP contribution is 2.22. The highest BCUT2D eigenvalue weighted by molar-refractivity contribution is 5.70. The highest BCUT2D eigenvalue weighted by Gasteiger charge is 2.14. The molecule has 0 radical (unpaired) electrons. The summed E-state index contributed by atoms with van der Waals surface area (Å²) < 4.78 is 5.14. The fourth-order valence-corrected chi connectivity index (χ4v) is 1.81. The van der Waals surface area contributed by atoms with Crippen LogP contribution in [0.3, 0.4) is 0 Å². The molecule has 0 bridgehead atoms. The number of hydrogen-bond acceptors (Lipinski definition) is 2. The third-order valence-electron chi connectivity index (χ3n) is 2.56. The zero-order valence-corrected chi connectivity index (χ0v) is 10.5. The first-order chi connectivity index (χ1) is 7.50. The Bertz CT molecular complexity index is 356. The first-order valence-electron chi connectivity index (χ1n) is 5.75. The number of aryl methyl sites for hydroxylation is 1. The minimum absolute atomic E-state index is 0.0310. The average Bonchev–Trinajstić information content (AvgIpc) is 2.16. The molecule has 0 saturated carbocycles. The molecule has 0 aromatic heterocycles. The maximum Gasteiger partial charge on any atom is 0.306 e. The summed E-state index contributed by atoms with van der Waals surface area (Å²) in [7, 11) is 0. The molecule has 2 nitrogen and oxygen atoms in total. The summed E-state index contributed by atoms with van der Waals surface area (Å²) in [5.74, 6) is 0.0956. The molecule has 0 N–H and O–H groups in total. The van der Waals surface area contributed by atoms with Gasteiger partial charge in [0.05, 0.1) is 12.5 Å². The van der Waals surface area contributed by atoms with Gasteiger partial charge in [-0.2, -0.15) is 0 Å². The number of rotatable bonds is 4. The van der Waals surface area contributed by atoms with Crippen molar-refractivity contribution < 1.29 is 9.53 Å². The third kappa shape index (κ3) is 3.69. The smallest absolute Gasteiger partial charge is 0.306 e. The lowest BCUT2D eigenvalue weighted by molar-refractivity contribution is -0.147. The van der Waals surface area contributed by atoms with E-state index in [4.69, 9.17) is 4.74 Å². The fourth-order valence-electron chi connectivity index (χ4n) is 1.81. The fraction of sp³-hybridized carbons (Fsp3) is 0.500. The Morgan fingerprint density at radius 2 is 1.88 bits per heavy atom. The lowest BCUT2D eigenvalue weighted by atomic mass is 9.94. The van der Waals surface area contributed by atoms with Crippen LogP contribution in [0, 0.1) is 6.92 Å². The van der Waals surface area contributed by atoms with Gasteiger partial charge in [-0.1, -0.05) is 31.2 Å². The monoisotopic (exact) mass is 220 g/mol. The number of esters is 1. The molecule has 2 heteroatoms. The average molecular weight is 220 g/mol. The number of benzene rings is 1. The maximum atomic E-state index is 11.5. The summed E-state index contributed by atoms with van der Waals surface area (Å²) in [6.07, 6.45) is 0.417. The molecular weight excluding hydrogens is 200 g/mol. The summed E-state index contributed by atoms with van der Waals surface area (Å²) in [5.41, 5.74) is 2.45. The van der Waals surface area contributed by atoms with Crippen LogP contribution in [-0.4, -0.2) is 12.1 Å². The van der Waals surface area contributed by atoms with Gasteiger partial charge in [0.25, 0.3) is 0 Å². The Balaban J connectivity index is 2.62. The molecule has 0 amide bonds. The summed E-state index contributed by atoms with van der Waals surface area (Å²) in [6, 6.07) is 8.16. The minimum atomic E-state index is -0.120.